The minimum absolute atomic E-state index is 0.284. The maximum atomic E-state index is 12.3. The van der Waals surface area contributed by atoms with Gasteiger partial charge in [0.2, 0.25) is 0 Å². The molecule has 100 valence electrons. The Morgan fingerprint density at radius 1 is 1.28 bits per heavy atom. The highest BCUT2D eigenvalue weighted by atomic mass is 32.2. The van der Waals surface area contributed by atoms with Gasteiger partial charge in [-0.15, -0.1) is 0 Å². The van der Waals surface area contributed by atoms with Crippen LogP contribution in [0.1, 0.15) is 31.6 Å². The number of carbonyl (C=O) groups excluding carboxylic acids is 1. The molecule has 2 atom stereocenters. The van der Waals surface area contributed by atoms with E-state index in [0.717, 1.165) is 5.56 Å². The quantitative estimate of drug-likeness (QED) is 0.745. The summed E-state index contributed by atoms with van der Waals surface area (Å²) < 4.78 is 17.3. The molecule has 0 heterocycles. The Labute approximate surface area is 111 Å². The monoisotopic (exact) mass is 268 g/mol. The second kappa shape index (κ2) is 7.31. The molecule has 4 heteroatoms. The first-order valence-corrected chi connectivity index (χ1v) is 7.53. The Kier molecular flexibility index (Phi) is 6.05. The molecule has 0 radical (unpaired) electrons. The topological polar surface area (TPSA) is 43.4 Å². The van der Waals surface area contributed by atoms with Crippen LogP contribution in [0.5, 0.6) is 0 Å². The van der Waals surface area contributed by atoms with E-state index in [0.29, 0.717) is 12.4 Å². The molecule has 0 spiro atoms. The van der Waals surface area contributed by atoms with Gasteiger partial charge < -0.3 is 4.74 Å². The number of hydrogen-bond acceptors (Lipinski definition) is 3. The maximum absolute atomic E-state index is 12.3. The first kappa shape index (κ1) is 14.9. The Hall–Kier alpha value is -1.16. The van der Waals surface area contributed by atoms with Crippen molar-refractivity contribution in [3.63, 3.8) is 0 Å². The van der Waals surface area contributed by atoms with Crippen molar-refractivity contribution in [1.29, 1.82) is 0 Å². The van der Waals surface area contributed by atoms with Crippen LogP contribution in [0.15, 0.2) is 30.3 Å². The van der Waals surface area contributed by atoms with Crippen LogP contribution >= 0.6 is 0 Å². The second-order valence-electron chi connectivity index (χ2n) is 4.48. The number of carbonyl (C=O) groups is 1. The van der Waals surface area contributed by atoms with E-state index in [1.165, 1.54) is 0 Å². The van der Waals surface area contributed by atoms with Crippen molar-refractivity contribution in [2.45, 2.75) is 26.0 Å². The summed E-state index contributed by atoms with van der Waals surface area (Å²) in [6, 6.07) is 9.19. The van der Waals surface area contributed by atoms with E-state index in [4.69, 9.17) is 4.74 Å². The minimum atomic E-state index is -1.25. The summed E-state index contributed by atoms with van der Waals surface area (Å²) in [6.45, 7) is 6.04. The predicted molar refractivity (Wildman–Crippen MR) is 73.7 cm³/mol. The fraction of sp³-hybridized carbons (Fsp3) is 0.500. The molecule has 0 aliphatic heterocycles. The first-order valence-electron chi connectivity index (χ1n) is 6.15. The molecule has 3 nitrogen and oxygen atoms in total. The number of benzene rings is 1. The third-order valence-electron chi connectivity index (χ3n) is 2.36. The Morgan fingerprint density at radius 3 is 2.39 bits per heavy atom. The first-order chi connectivity index (χ1) is 8.56. The molecule has 0 N–H and O–H groups in total. The van der Waals surface area contributed by atoms with Crippen LogP contribution < -0.4 is 0 Å². The van der Waals surface area contributed by atoms with Gasteiger partial charge in [-0.2, -0.15) is 0 Å². The van der Waals surface area contributed by atoms with E-state index in [-0.39, 0.29) is 5.92 Å². The summed E-state index contributed by atoms with van der Waals surface area (Å²) in [5.41, 5.74) is 0.759. The summed E-state index contributed by atoms with van der Waals surface area (Å²) >= 11 is 0. The third-order valence-corrected chi connectivity index (χ3v) is 4.35. The molecule has 1 rings (SSSR count). The molecule has 18 heavy (non-hydrogen) atoms. The minimum Gasteiger partial charge on any atom is -0.465 e. The summed E-state index contributed by atoms with van der Waals surface area (Å²) in [5, 5.41) is -0.673. The summed E-state index contributed by atoms with van der Waals surface area (Å²) in [5.74, 6) is 0.382. The Morgan fingerprint density at radius 2 is 1.89 bits per heavy atom. The second-order valence-corrected chi connectivity index (χ2v) is 6.05. The molecule has 2 unspecified atom stereocenters. The zero-order valence-corrected chi connectivity index (χ0v) is 11.9. The molecular weight excluding hydrogens is 248 g/mol. The average molecular weight is 268 g/mol. The van der Waals surface area contributed by atoms with Gasteiger partial charge >= 0.3 is 5.97 Å². The number of ether oxygens (including phenoxy) is 1. The van der Waals surface area contributed by atoms with Crippen LogP contribution in [0.25, 0.3) is 0 Å². The molecule has 1 aromatic rings. The standard InChI is InChI=1S/C14H20O3S/c1-4-17-14(15)13(18(16)10-11(2)3)12-8-6-5-7-9-12/h5-9,11,13H,4,10H2,1-3H3. The summed E-state index contributed by atoms with van der Waals surface area (Å²) in [7, 11) is -1.25. The van der Waals surface area contributed by atoms with E-state index in [1.54, 1.807) is 6.92 Å². The molecule has 0 fully saturated rings. The number of rotatable bonds is 6. The van der Waals surface area contributed by atoms with Crippen LogP contribution in [-0.4, -0.2) is 22.5 Å². The van der Waals surface area contributed by atoms with Gasteiger partial charge in [0.05, 0.1) is 6.61 Å². The molecule has 0 aromatic heterocycles. The van der Waals surface area contributed by atoms with E-state index < -0.39 is 22.0 Å². The molecule has 0 bridgehead atoms. The van der Waals surface area contributed by atoms with Crippen molar-refractivity contribution in [1.82, 2.24) is 0 Å². The van der Waals surface area contributed by atoms with Crippen molar-refractivity contribution in [2.75, 3.05) is 12.4 Å². The van der Waals surface area contributed by atoms with Gasteiger partial charge in [0.25, 0.3) is 0 Å². The van der Waals surface area contributed by atoms with E-state index in [2.05, 4.69) is 0 Å². The highest BCUT2D eigenvalue weighted by Gasteiger charge is 2.28. The van der Waals surface area contributed by atoms with E-state index in [1.807, 2.05) is 44.2 Å². The average Bonchev–Trinajstić information content (AvgIpc) is 2.30. The van der Waals surface area contributed by atoms with E-state index in [9.17, 15) is 9.00 Å². The Bertz CT molecular complexity index is 401. The Balaban J connectivity index is 2.95. The fourth-order valence-corrected chi connectivity index (χ4v) is 3.26. The van der Waals surface area contributed by atoms with Crippen molar-refractivity contribution in [3.8, 4) is 0 Å². The molecule has 0 saturated heterocycles. The summed E-state index contributed by atoms with van der Waals surface area (Å²) in [6.07, 6.45) is 0. The zero-order valence-electron chi connectivity index (χ0n) is 11.1. The highest BCUT2D eigenvalue weighted by Crippen LogP contribution is 2.23. The molecule has 1 aromatic carbocycles. The van der Waals surface area contributed by atoms with Crippen LogP contribution in [0, 0.1) is 5.92 Å². The summed E-state index contributed by atoms with van der Waals surface area (Å²) in [4.78, 5) is 12.0. The molecule has 0 saturated carbocycles. The largest absolute Gasteiger partial charge is 0.465 e. The maximum Gasteiger partial charge on any atom is 0.326 e. The van der Waals surface area contributed by atoms with Gasteiger partial charge in [-0.05, 0) is 18.4 Å². The lowest BCUT2D eigenvalue weighted by Crippen LogP contribution is -2.23. The number of esters is 1. The molecular formula is C14H20O3S. The SMILES string of the molecule is CCOC(=O)C(c1ccccc1)S(=O)CC(C)C. The van der Waals surface area contributed by atoms with Gasteiger partial charge in [-0.25, -0.2) is 0 Å². The molecule has 0 amide bonds. The van der Waals surface area contributed by atoms with Gasteiger partial charge in [-0.3, -0.25) is 9.00 Å². The lowest BCUT2D eigenvalue weighted by atomic mass is 10.1. The normalized spacial score (nSPS) is 14.2. The molecule has 0 aliphatic rings. The van der Waals surface area contributed by atoms with Crippen molar-refractivity contribution >= 4 is 16.8 Å². The van der Waals surface area contributed by atoms with Crippen molar-refractivity contribution in [2.24, 2.45) is 5.92 Å². The van der Waals surface area contributed by atoms with Gasteiger partial charge in [0.1, 0.15) is 0 Å². The van der Waals surface area contributed by atoms with Gasteiger partial charge in [0, 0.05) is 16.6 Å². The van der Waals surface area contributed by atoms with Crippen molar-refractivity contribution in [3.05, 3.63) is 35.9 Å². The van der Waals surface area contributed by atoms with Crippen LogP contribution in [0.2, 0.25) is 0 Å². The smallest absolute Gasteiger partial charge is 0.326 e. The predicted octanol–water partition coefficient (Wildman–Crippen LogP) is 2.70. The third kappa shape index (κ3) is 4.26. The lowest BCUT2D eigenvalue weighted by Gasteiger charge is -2.16. The fourth-order valence-electron chi connectivity index (χ4n) is 1.67. The highest BCUT2D eigenvalue weighted by molar-refractivity contribution is 7.86. The van der Waals surface area contributed by atoms with Crippen LogP contribution in [0.4, 0.5) is 0 Å². The van der Waals surface area contributed by atoms with E-state index >= 15 is 0 Å². The number of hydrogen-bond donors (Lipinski definition) is 0. The van der Waals surface area contributed by atoms with Crippen LogP contribution in [0.3, 0.4) is 0 Å². The van der Waals surface area contributed by atoms with Crippen molar-refractivity contribution < 1.29 is 13.7 Å². The molecule has 0 aliphatic carbocycles. The lowest BCUT2D eigenvalue weighted by molar-refractivity contribution is -0.142. The van der Waals surface area contributed by atoms with Gasteiger partial charge in [-0.1, -0.05) is 44.2 Å². The van der Waals surface area contributed by atoms with Gasteiger partial charge in [0.15, 0.2) is 5.25 Å². The zero-order chi connectivity index (χ0) is 13.5. The van der Waals surface area contributed by atoms with Crippen LogP contribution in [-0.2, 0) is 20.3 Å².